The lowest BCUT2D eigenvalue weighted by Crippen LogP contribution is -2.52. The molecular formula is C25H33N2+. The smallest absolute Gasteiger partial charge is 0.115 e. The minimum absolute atomic E-state index is 0.233. The Kier molecular flexibility index (Phi) is 6.34. The number of rotatable bonds is 5. The van der Waals surface area contributed by atoms with Crippen molar-refractivity contribution in [1.82, 2.24) is 0 Å². The van der Waals surface area contributed by atoms with Gasteiger partial charge in [0.2, 0.25) is 0 Å². The first kappa shape index (κ1) is 19.6. The Morgan fingerprint density at radius 2 is 1.30 bits per heavy atom. The van der Waals surface area contributed by atoms with Gasteiger partial charge in [0.25, 0.3) is 0 Å². The number of nitrogens with zero attached hydrogens (tertiary/aromatic N) is 2. The summed E-state index contributed by atoms with van der Waals surface area (Å²) in [7, 11) is 2.40. The average molecular weight is 362 g/mol. The van der Waals surface area contributed by atoms with Crippen molar-refractivity contribution in [2.24, 2.45) is 5.92 Å². The van der Waals surface area contributed by atoms with Gasteiger partial charge in [-0.25, -0.2) is 0 Å². The van der Waals surface area contributed by atoms with Crippen molar-refractivity contribution in [3.05, 3.63) is 71.8 Å². The van der Waals surface area contributed by atoms with E-state index in [4.69, 9.17) is 0 Å². The van der Waals surface area contributed by atoms with E-state index >= 15 is 0 Å². The number of hydrogen-bond donors (Lipinski definition) is 0. The Balaban J connectivity index is 1.99. The minimum Gasteiger partial charge on any atom is -0.326 e. The molecule has 142 valence electrons. The molecule has 0 N–H and O–H groups in total. The summed E-state index contributed by atoms with van der Waals surface area (Å²) in [6, 6.07) is 23.6. The zero-order valence-electron chi connectivity index (χ0n) is 16.9. The molecule has 0 radical (unpaired) electrons. The SMILES string of the molecule is CC(C[N+]1(C)CCCCCCC1)C(C#N)(c1ccccc1)c1ccccc1. The quantitative estimate of drug-likeness (QED) is 0.641. The molecule has 1 aliphatic heterocycles. The van der Waals surface area contributed by atoms with E-state index in [0.717, 1.165) is 22.2 Å². The molecule has 0 amide bonds. The molecule has 27 heavy (non-hydrogen) atoms. The van der Waals surface area contributed by atoms with Crippen molar-refractivity contribution in [3.63, 3.8) is 0 Å². The molecule has 0 aliphatic carbocycles. The van der Waals surface area contributed by atoms with Crippen molar-refractivity contribution < 1.29 is 4.48 Å². The third-order valence-corrected chi connectivity index (χ3v) is 6.48. The highest BCUT2D eigenvalue weighted by molar-refractivity contribution is 5.46. The first-order valence-electron chi connectivity index (χ1n) is 10.5. The predicted octanol–water partition coefficient (Wildman–Crippen LogP) is 5.54. The van der Waals surface area contributed by atoms with Gasteiger partial charge in [0.05, 0.1) is 32.8 Å². The summed E-state index contributed by atoms with van der Waals surface area (Å²) in [6.07, 6.45) is 6.69. The largest absolute Gasteiger partial charge is 0.326 e. The molecule has 2 aromatic rings. The molecule has 0 saturated carbocycles. The summed E-state index contributed by atoms with van der Waals surface area (Å²) < 4.78 is 1.09. The summed E-state index contributed by atoms with van der Waals surface area (Å²) in [5.41, 5.74) is 1.63. The van der Waals surface area contributed by atoms with E-state index in [9.17, 15) is 5.26 Å². The molecule has 0 bridgehead atoms. The van der Waals surface area contributed by atoms with Crippen LogP contribution in [0.2, 0.25) is 0 Å². The van der Waals surface area contributed by atoms with Gasteiger partial charge in [-0.05, 0) is 36.8 Å². The van der Waals surface area contributed by atoms with Crippen LogP contribution < -0.4 is 0 Å². The summed E-state index contributed by atoms with van der Waals surface area (Å²) >= 11 is 0. The fourth-order valence-corrected chi connectivity index (χ4v) is 4.99. The number of hydrogen-bond acceptors (Lipinski definition) is 1. The van der Waals surface area contributed by atoms with Gasteiger partial charge in [-0.15, -0.1) is 0 Å². The van der Waals surface area contributed by atoms with E-state index in [1.807, 2.05) is 12.1 Å². The van der Waals surface area contributed by atoms with Crippen LogP contribution in [0.5, 0.6) is 0 Å². The molecule has 0 spiro atoms. The third-order valence-electron chi connectivity index (χ3n) is 6.48. The van der Waals surface area contributed by atoms with Crippen LogP contribution in [0.1, 0.15) is 50.2 Å². The van der Waals surface area contributed by atoms with Crippen LogP contribution in [0, 0.1) is 17.2 Å². The van der Waals surface area contributed by atoms with Gasteiger partial charge in [-0.1, -0.05) is 74.0 Å². The molecule has 1 unspecified atom stereocenters. The number of likely N-dealkylation sites (tertiary alicyclic amines) is 1. The second-order valence-corrected chi connectivity index (χ2v) is 8.57. The zero-order valence-corrected chi connectivity index (χ0v) is 16.9. The summed E-state index contributed by atoms with van der Waals surface area (Å²) in [4.78, 5) is 0. The number of benzene rings is 2. The fraction of sp³-hybridized carbons (Fsp3) is 0.480. The zero-order chi connectivity index (χ0) is 19.2. The van der Waals surface area contributed by atoms with Crippen molar-refractivity contribution in [1.29, 1.82) is 5.26 Å². The minimum atomic E-state index is -0.605. The standard InChI is InChI=1S/C25H33N2/c1-22(20-27(2)18-12-4-3-5-13-19-27)25(21-26,23-14-8-6-9-15-23)24-16-10-7-11-17-24/h6-11,14-17,22H,3-5,12-13,18-20H2,1-2H3/q+1. The molecule has 1 atom stereocenters. The second-order valence-electron chi connectivity index (χ2n) is 8.57. The highest BCUT2D eigenvalue weighted by atomic mass is 15.3. The predicted molar refractivity (Wildman–Crippen MR) is 112 cm³/mol. The Bertz CT molecular complexity index is 697. The molecule has 0 aromatic heterocycles. The van der Waals surface area contributed by atoms with E-state index < -0.39 is 5.41 Å². The fourth-order valence-electron chi connectivity index (χ4n) is 4.99. The van der Waals surface area contributed by atoms with Gasteiger partial charge in [-0.2, -0.15) is 5.26 Å². The highest BCUT2D eigenvalue weighted by Crippen LogP contribution is 2.40. The normalized spacial score (nSPS) is 18.7. The van der Waals surface area contributed by atoms with Crippen LogP contribution in [0.3, 0.4) is 0 Å². The van der Waals surface area contributed by atoms with Crippen molar-refractivity contribution in [2.45, 2.75) is 44.4 Å². The topological polar surface area (TPSA) is 23.8 Å². The van der Waals surface area contributed by atoms with Gasteiger partial charge in [0.1, 0.15) is 5.41 Å². The molecule has 2 aromatic carbocycles. The summed E-state index contributed by atoms with van der Waals surface area (Å²) in [5.74, 6) is 0.233. The van der Waals surface area contributed by atoms with Gasteiger partial charge in [0.15, 0.2) is 0 Å². The van der Waals surface area contributed by atoms with Gasteiger partial charge >= 0.3 is 0 Å². The maximum atomic E-state index is 10.5. The van der Waals surface area contributed by atoms with E-state index in [1.54, 1.807) is 0 Å². The van der Waals surface area contributed by atoms with Gasteiger partial charge < -0.3 is 4.48 Å². The molecule has 1 aliphatic rings. The second kappa shape index (κ2) is 8.72. The lowest BCUT2D eigenvalue weighted by molar-refractivity contribution is -0.913. The highest BCUT2D eigenvalue weighted by Gasteiger charge is 2.43. The van der Waals surface area contributed by atoms with E-state index in [1.165, 1.54) is 45.2 Å². The lowest BCUT2D eigenvalue weighted by Gasteiger charge is -2.42. The third kappa shape index (κ3) is 4.25. The Morgan fingerprint density at radius 1 is 0.852 bits per heavy atom. The van der Waals surface area contributed by atoms with Gasteiger partial charge in [-0.3, -0.25) is 0 Å². The Labute approximate surface area is 165 Å². The number of nitriles is 1. The average Bonchev–Trinajstić information content (AvgIpc) is 2.68. The van der Waals surface area contributed by atoms with Crippen LogP contribution in [-0.2, 0) is 5.41 Å². The first-order chi connectivity index (χ1) is 13.1. The van der Waals surface area contributed by atoms with Crippen LogP contribution in [0.25, 0.3) is 0 Å². The first-order valence-corrected chi connectivity index (χ1v) is 10.5. The maximum Gasteiger partial charge on any atom is 0.115 e. The van der Waals surface area contributed by atoms with Crippen LogP contribution in [0.15, 0.2) is 60.7 Å². The van der Waals surface area contributed by atoms with Crippen molar-refractivity contribution >= 4 is 0 Å². The summed E-state index contributed by atoms with van der Waals surface area (Å²) in [5, 5.41) is 10.5. The molecule has 1 saturated heterocycles. The van der Waals surface area contributed by atoms with E-state index in [2.05, 4.69) is 68.6 Å². The monoisotopic (exact) mass is 361 g/mol. The van der Waals surface area contributed by atoms with Crippen LogP contribution in [-0.4, -0.2) is 31.2 Å². The van der Waals surface area contributed by atoms with Gasteiger partial charge in [0, 0.05) is 5.92 Å². The molecular weight excluding hydrogens is 328 g/mol. The molecule has 3 rings (SSSR count). The molecule has 2 heteroatoms. The molecule has 1 heterocycles. The summed E-state index contributed by atoms with van der Waals surface area (Å²) in [6.45, 7) is 5.79. The lowest BCUT2D eigenvalue weighted by atomic mass is 9.67. The molecule has 2 nitrogen and oxygen atoms in total. The van der Waals surface area contributed by atoms with E-state index in [0.29, 0.717) is 0 Å². The number of quaternary nitrogens is 1. The maximum absolute atomic E-state index is 10.5. The molecule has 1 fully saturated rings. The Morgan fingerprint density at radius 3 is 1.74 bits per heavy atom. The van der Waals surface area contributed by atoms with Crippen molar-refractivity contribution in [2.75, 3.05) is 26.7 Å². The van der Waals surface area contributed by atoms with Crippen molar-refractivity contribution in [3.8, 4) is 6.07 Å². The van der Waals surface area contributed by atoms with E-state index in [-0.39, 0.29) is 5.92 Å². The van der Waals surface area contributed by atoms with Crippen LogP contribution in [0.4, 0.5) is 0 Å². The Hall–Kier alpha value is -2.11. The van der Waals surface area contributed by atoms with Crippen LogP contribution >= 0.6 is 0 Å².